The molecular weight excluding hydrogens is 663 g/mol. The normalized spacial score (nSPS) is 14.3. The first-order valence-corrected chi connectivity index (χ1v) is 13.2. The number of aromatic nitrogens is 1. The van der Waals surface area contributed by atoms with Gasteiger partial charge >= 0.3 is 0 Å². The van der Waals surface area contributed by atoms with Crippen LogP contribution in [0.15, 0.2) is 82.4 Å². The monoisotopic (exact) mass is 693 g/mol. The number of aliphatic hydroxyl groups excluding tert-OH is 1. The number of ketones is 1. The molecule has 0 spiro atoms. The molecule has 195 valence electrons. The summed E-state index contributed by atoms with van der Waals surface area (Å²) in [6, 6.07) is 19.6. The SMILES string of the molecule is CC(C)(C)C(=O)/C=C(\O)C(C)(C)C.O=S1(=O)c2ccc[c-]c2-c2nccc3c2c1cc1ccccc13.[Ir]. The van der Waals surface area contributed by atoms with Crippen molar-refractivity contribution in [2.24, 2.45) is 10.8 Å². The van der Waals surface area contributed by atoms with E-state index < -0.39 is 15.3 Å². The smallest absolute Gasteiger partial charge is 0.172 e. The molecule has 0 bridgehead atoms. The Hall–Kier alpha value is -2.86. The van der Waals surface area contributed by atoms with Crippen LogP contribution in [0.4, 0.5) is 0 Å². The first kappa shape index (κ1) is 28.7. The molecule has 1 radical (unpaired) electrons. The molecular formula is C30H30IrNO4S-. The topological polar surface area (TPSA) is 84.3 Å². The van der Waals surface area contributed by atoms with Gasteiger partial charge in [0, 0.05) is 43.2 Å². The van der Waals surface area contributed by atoms with E-state index in [2.05, 4.69) is 11.1 Å². The maximum atomic E-state index is 13.1. The number of benzene rings is 3. The van der Waals surface area contributed by atoms with Crippen molar-refractivity contribution in [1.29, 1.82) is 0 Å². The number of rotatable bonds is 1. The molecule has 4 aromatic rings. The van der Waals surface area contributed by atoms with Gasteiger partial charge in [-0.15, -0.1) is 29.8 Å². The molecule has 1 aromatic heterocycles. The Bertz CT molecular complexity index is 1640. The van der Waals surface area contributed by atoms with E-state index in [1.807, 2.05) is 71.9 Å². The van der Waals surface area contributed by atoms with E-state index >= 15 is 0 Å². The number of hydrogen-bond acceptors (Lipinski definition) is 5. The van der Waals surface area contributed by atoms with Gasteiger partial charge < -0.3 is 10.1 Å². The number of nitrogens with zero attached hydrogens (tertiary/aromatic N) is 1. The van der Waals surface area contributed by atoms with Gasteiger partial charge in [0.15, 0.2) is 15.6 Å². The summed E-state index contributed by atoms with van der Waals surface area (Å²) in [4.78, 5) is 16.6. The molecule has 2 heterocycles. The van der Waals surface area contributed by atoms with Crippen molar-refractivity contribution >= 4 is 37.2 Å². The van der Waals surface area contributed by atoms with Crippen LogP contribution in [-0.4, -0.2) is 24.3 Å². The van der Waals surface area contributed by atoms with Gasteiger partial charge in [-0.05, 0) is 44.3 Å². The van der Waals surface area contributed by atoms with Gasteiger partial charge in [-0.3, -0.25) is 4.79 Å². The molecule has 0 saturated heterocycles. The fourth-order valence-electron chi connectivity index (χ4n) is 3.92. The Kier molecular flexibility index (Phi) is 7.86. The minimum Gasteiger partial charge on any atom is -0.512 e. The van der Waals surface area contributed by atoms with Crippen LogP contribution in [0.1, 0.15) is 41.5 Å². The number of allylic oxidation sites excluding steroid dienone is 2. The number of aliphatic hydroxyl groups is 1. The maximum Gasteiger partial charge on any atom is 0.172 e. The van der Waals surface area contributed by atoms with Crippen LogP contribution in [0.2, 0.25) is 0 Å². The second kappa shape index (κ2) is 10.1. The second-order valence-corrected chi connectivity index (χ2v) is 12.9. The van der Waals surface area contributed by atoms with Crippen LogP contribution >= 0.6 is 0 Å². The van der Waals surface area contributed by atoms with E-state index in [0.29, 0.717) is 21.5 Å². The van der Waals surface area contributed by atoms with Crippen LogP contribution in [0.5, 0.6) is 0 Å². The van der Waals surface area contributed by atoms with Crippen molar-refractivity contribution in [2.75, 3.05) is 0 Å². The Morgan fingerprint density at radius 3 is 2.24 bits per heavy atom. The zero-order valence-corrected chi connectivity index (χ0v) is 24.9. The summed E-state index contributed by atoms with van der Waals surface area (Å²) in [5.74, 6) is 0.104. The van der Waals surface area contributed by atoms with E-state index in [1.54, 1.807) is 30.5 Å². The number of carbonyl (C=O) groups is 1. The van der Waals surface area contributed by atoms with Gasteiger partial charge in [0.2, 0.25) is 0 Å². The summed E-state index contributed by atoms with van der Waals surface area (Å²) < 4.78 is 26.2. The van der Waals surface area contributed by atoms with E-state index in [-0.39, 0.29) is 42.0 Å². The van der Waals surface area contributed by atoms with Gasteiger partial charge in [0.25, 0.3) is 0 Å². The molecule has 1 aliphatic rings. The van der Waals surface area contributed by atoms with Crippen molar-refractivity contribution in [1.82, 2.24) is 4.98 Å². The third kappa shape index (κ3) is 5.40. The molecule has 1 aliphatic heterocycles. The number of sulfone groups is 1. The average Bonchev–Trinajstić information content (AvgIpc) is 2.81. The Morgan fingerprint density at radius 2 is 1.59 bits per heavy atom. The zero-order chi connectivity index (χ0) is 26.5. The number of pyridine rings is 1. The molecule has 37 heavy (non-hydrogen) atoms. The van der Waals surface area contributed by atoms with E-state index in [0.717, 1.165) is 16.2 Å². The Morgan fingerprint density at radius 1 is 0.919 bits per heavy atom. The van der Waals surface area contributed by atoms with Crippen LogP contribution in [0, 0.1) is 16.9 Å². The predicted molar refractivity (Wildman–Crippen MR) is 144 cm³/mol. The molecule has 0 fully saturated rings. The molecule has 3 aromatic carbocycles. The summed E-state index contributed by atoms with van der Waals surface area (Å²) in [5.41, 5.74) is 0.481. The third-order valence-electron chi connectivity index (χ3n) is 6.14. The number of carbonyl (C=O) groups excluding carboxylic acids is 1. The molecule has 0 amide bonds. The van der Waals surface area contributed by atoms with Crippen LogP contribution < -0.4 is 0 Å². The minimum absolute atomic E-state index is 0. The van der Waals surface area contributed by atoms with Crippen LogP contribution in [0.3, 0.4) is 0 Å². The van der Waals surface area contributed by atoms with Crippen LogP contribution in [0.25, 0.3) is 32.8 Å². The predicted octanol–water partition coefficient (Wildman–Crippen LogP) is 7.09. The van der Waals surface area contributed by atoms with Gasteiger partial charge in [0.05, 0.1) is 4.90 Å². The van der Waals surface area contributed by atoms with Gasteiger partial charge in [-0.25, -0.2) is 8.42 Å². The van der Waals surface area contributed by atoms with Gasteiger partial charge in [0.1, 0.15) is 5.76 Å². The number of fused-ring (bicyclic) bond motifs is 4. The summed E-state index contributed by atoms with van der Waals surface area (Å²) in [6.45, 7) is 11.1. The van der Waals surface area contributed by atoms with Crippen molar-refractivity contribution in [2.45, 2.75) is 51.3 Å². The zero-order valence-electron chi connectivity index (χ0n) is 21.7. The fourth-order valence-corrected chi connectivity index (χ4v) is 5.60. The third-order valence-corrected chi connectivity index (χ3v) is 7.96. The molecule has 1 N–H and O–H groups in total. The fraction of sp³-hybridized carbons (Fsp3) is 0.267. The summed E-state index contributed by atoms with van der Waals surface area (Å²) in [7, 11) is -3.57. The van der Waals surface area contributed by atoms with Crippen molar-refractivity contribution in [3.05, 3.63) is 78.7 Å². The largest absolute Gasteiger partial charge is 0.512 e. The van der Waals surface area contributed by atoms with Crippen molar-refractivity contribution in [3.63, 3.8) is 0 Å². The first-order chi connectivity index (χ1) is 16.7. The van der Waals surface area contributed by atoms with E-state index in [1.165, 1.54) is 6.08 Å². The van der Waals surface area contributed by atoms with Crippen LogP contribution in [-0.2, 0) is 34.7 Å². The summed E-state index contributed by atoms with van der Waals surface area (Å²) in [6.07, 6.45) is 3.07. The summed E-state index contributed by atoms with van der Waals surface area (Å²) in [5, 5.41) is 13.1. The standard InChI is InChI=1S/C19H10NO2S.C11H20O2.Ir/c21-23(22)16-8-4-3-7-15(16)19-18-14(9-10-20-19)13-6-2-1-5-12(13)11-17(18)23;1-10(2,3)8(12)7-9(13)11(4,5)6;/h1-6,8-11H;7,12H,1-6H3;/q-1;;/b;8-7-;. The van der Waals surface area contributed by atoms with Crippen molar-refractivity contribution in [3.8, 4) is 11.3 Å². The van der Waals surface area contributed by atoms with Gasteiger partial charge in [-0.2, -0.15) is 0 Å². The van der Waals surface area contributed by atoms with Gasteiger partial charge in [-0.1, -0.05) is 65.8 Å². The molecule has 5 nitrogen and oxygen atoms in total. The second-order valence-electron chi connectivity index (χ2n) is 11.0. The van der Waals surface area contributed by atoms with E-state index in [4.69, 9.17) is 0 Å². The minimum atomic E-state index is -3.57. The number of hydrogen-bond donors (Lipinski definition) is 1. The Labute approximate surface area is 231 Å². The Balaban J connectivity index is 0.000000237. The molecule has 7 heteroatoms. The molecule has 5 rings (SSSR count). The maximum absolute atomic E-state index is 13.1. The molecule has 0 unspecified atom stereocenters. The first-order valence-electron chi connectivity index (χ1n) is 11.7. The van der Waals surface area contributed by atoms with E-state index in [9.17, 15) is 18.3 Å². The summed E-state index contributed by atoms with van der Waals surface area (Å²) >= 11 is 0. The van der Waals surface area contributed by atoms with Crippen molar-refractivity contribution < 1.29 is 38.4 Å². The molecule has 0 atom stereocenters. The quantitative estimate of drug-likeness (QED) is 0.0879. The molecule has 0 saturated carbocycles. The average molecular weight is 693 g/mol. The molecule has 0 aliphatic carbocycles.